The second-order valence-electron chi connectivity index (χ2n) is 2.63. The van der Waals surface area contributed by atoms with Gasteiger partial charge in [0, 0.05) is 7.11 Å². The molecule has 70 valence electrons. The molecular weight excluding hydrogens is 162 g/mol. The number of carbonyl (C=O) groups is 1. The lowest BCUT2D eigenvalue weighted by Gasteiger charge is -2.32. The Balaban J connectivity index is 2.58. The largest absolute Gasteiger partial charge is 0.376 e. The number of methoxy groups -OCH3 is 1. The maximum Gasteiger partial charge on any atom is 0.249 e. The topological polar surface area (TPSA) is 70.8 Å². The number of nitrogens with two attached hydrogens (primary N) is 1. The van der Waals surface area contributed by atoms with Crippen molar-refractivity contribution in [1.82, 2.24) is 0 Å². The van der Waals surface area contributed by atoms with Crippen molar-refractivity contribution in [2.24, 2.45) is 5.73 Å². The monoisotopic (exact) mass is 175 g/mol. The minimum atomic E-state index is -0.696. The highest BCUT2D eigenvalue weighted by atomic mass is 16.7. The van der Waals surface area contributed by atoms with Gasteiger partial charge in [-0.1, -0.05) is 0 Å². The van der Waals surface area contributed by atoms with Crippen LogP contribution in [0, 0.1) is 0 Å². The SMILES string of the molecule is COC1COC(C)OC1C(N)=O. The zero-order chi connectivity index (χ0) is 9.14. The smallest absolute Gasteiger partial charge is 0.249 e. The van der Waals surface area contributed by atoms with Crippen LogP contribution in [-0.4, -0.2) is 38.1 Å². The van der Waals surface area contributed by atoms with Crippen LogP contribution >= 0.6 is 0 Å². The van der Waals surface area contributed by atoms with Gasteiger partial charge in [-0.05, 0) is 6.92 Å². The normalized spacial score (nSPS) is 36.3. The Morgan fingerprint density at radius 2 is 2.33 bits per heavy atom. The van der Waals surface area contributed by atoms with Crippen molar-refractivity contribution in [1.29, 1.82) is 0 Å². The quantitative estimate of drug-likeness (QED) is 0.599. The number of carbonyl (C=O) groups excluding carboxylic acids is 1. The summed E-state index contributed by atoms with van der Waals surface area (Å²) in [6, 6.07) is 0. The highest BCUT2D eigenvalue weighted by molar-refractivity contribution is 5.79. The number of amides is 1. The fourth-order valence-corrected chi connectivity index (χ4v) is 1.09. The number of hydrogen-bond acceptors (Lipinski definition) is 4. The molecule has 0 saturated carbocycles. The van der Waals surface area contributed by atoms with E-state index in [1.165, 1.54) is 7.11 Å². The van der Waals surface area contributed by atoms with Gasteiger partial charge >= 0.3 is 0 Å². The van der Waals surface area contributed by atoms with Gasteiger partial charge < -0.3 is 19.9 Å². The third-order valence-electron chi connectivity index (χ3n) is 1.75. The standard InChI is InChI=1S/C7H13NO4/c1-4-11-3-5(10-2)6(12-4)7(8)9/h4-6H,3H2,1-2H3,(H2,8,9). The lowest BCUT2D eigenvalue weighted by Crippen LogP contribution is -2.50. The summed E-state index contributed by atoms with van der Waals surface area (Å²) in [5.74, 6) is -0.517. The molecule has 12 heavy (non-hydrogen) atoms. The molecule has 5 heteroatoms. The van der Waals surface area contributed by atoms with E-state index < -0.39 is 24.4 Å². The summed E-state index contributed by atoms with van der Waals surface area (Å²) in [4.78, 5) is 10.8. The molecule has 1 aliphatic heterocycles. The first-order valence-corrected chi connectivity index (χ1v) is 3.74. The van der Waals surface area contributed by atoms with Gasteiger partial charge in [0.05, 0.1) is 6.61 Å². The minimum absolute atomic E-state index is 0.339. The van der Waals surface area contributed by atoms with Gasteiger partial charge in [-0.3, -0.25) is 4.79 Å². The maximum absolute atomic E-state index is 10.8. The average molecular weight is 175 g/mol. The average Bonchev–Trinajstić information content (AvgIpc) is 2.04. The molecule has 1 rings (SSSR count). The maximum atomic E-state index is 10.8. The van der Waals surface area contributed by atoms with Gasteiger partial charge in [-0.25, -0.2) is 0 Å². The van der Waals surface area contributed by atoms with E-state index in [-0.39, 0.29) is 0 Å². The summed E-state index contributed by atoms with van der Waals surface area (Å²) >= 11 is 0. The van der Waals surface area contributed by atoms with Crippen LogP contribution in [0.1, 0.15) is 6.92 Å². The molecular formula is C7H13NO4. The summed E-state index contributed by atoms with van der Waals surface area (Å²) in [5, 5.41) is 0. The first kappa shape index (κ1) is 9.44. The molecule has 1 aliphatic rings. The number of ether oxygens (including phenoxy) is 3. The third-order valence-corrected chi connectivity index (χ3v) is 1.75. The van der Waals surface area contributed by atoms with Gasteiger partial charge in [-0.2, -0.15) is 0 Å². The van der Waals surface area contributed by atoms with Crippen LogP contribution in [0.15, 0.2) is 0 Å². The Morgan fingerprint density at radius 1 is 1.67 bits per heavy atom. The van der Waals surface area contributed by atoms with Crippen molar-refractivity contribution in [2.45, 2.75) is 25.4 Å². The molecule has 0 spiro atoms. The van der Waals surface area contributed by atoms with E-state index in [2.05, 4.69) is 0 Å². The molecule has 1 heterocycles. The molecule has 5 nitrogen and oxygen atoms in total. The first-order chi connectivity index (χ1) is 5.65. The van der Waals surface area contributed by atoms with E-state index in [1.54, 1.807) is 6.92 Å². The minimum Gasteiger partial charge on any atom is -0.376 e. The second kappa shape index (κ2) is 3.84. The zero-order valence-corrected chi connectivity index (χ0v) is 7.15. The summed E-state index contributed by atoms with van der Waals surface area (Å²) in [5.41, 5.74) is 5.10. The summed E-state index contributed by atoms with van der Waals surface area (Å²) in [6.07, 6.45) is -1.48. The lowest BCUT2D eigenvalue weighted by molar-refractivity contribution is -0.243. The molecule has 1 saturated heterocycles. The van der Waals surface area contributed by atoms with Crippen LogP contribution in [0.25, 0.3) is 0 Å². The van der Waals surface area contributed by atoms with Crippen molar-refractivity contribution in [3.05, 3.63) is 0 Å². The fraction of sp³-hybridized carbons (Fsp3) is 0.857. The van der Waals surface area contributed by atoms with Crippen LogP contribution in [0.2, 0.25) is 0 Å². The summed E-state index contributed by atoms with van der Waals surface area (Å²) in [6.45, 7) is 2.05. The number of hydrogen-bond donors (Lipinski definition) is 1. The van der Waals surface area contributed by atoms with E-state index in [0.29, 0.717) is 6.61 Å². The molecule has 0 aromatic rings. The van der Waals surface area contributed by atoms with Crippen molar-refractivity contribution in [2.75, 3.05) is 13.7 Å². The van der Waals surface area contributed by atoms with E-state index in [4.69, 9.17) is 19.9 Å². The fourth-order valence-electron chi connectivity index (χ4n) is 1.09. The Labute approximate surface area is 70.8 Å². The van der Waals surface area contributed by atoms with Crippen molar-refractivity contribution >= 4 is 5.91 Å². The van der Waals surface area contributed by atoms with Gasteiger partial charge in [0.15, 0.2) is 12.4 Å². The Morgan fingerprint density at radius 3 is 2.83 bits per heavy atom. The molecule has 1 amide bonds. The van der Waals surface area contributed by atoms with Crippen LogP contribution in [0.4, 0.5) is 0 Å². The van der Waals surface area contributed by atoms with Crippen LogP contribution in [0.3, 0.4) is 0 Å². The first-order valence-electron chi connectivity index (χ1n) is 3.74. The van der Waals surface area contributed by atoms with Crippen LogP contribution in [0.5, 0.6) is 0 Å². The van der Waals surface area contributed by atoms with Crippen LogP contribution < -0.4 is 5.73 Å². The Kier molecular flexibility index (Phi) is 3.02. The molecule has 3 unspecified atom stereocenters. The zero-order valence-electron chi connectivity index (χ0n) is 7.15. The molecule has 0 bridgehead atoms. The van der Waals surface area contributed by atoms with Gasteiger partial charge in [0.1, 0.15) is 6.10 Å². The van der Waals surface area contributed by atoms with E-state index in [9.17, 15) is 4.79 Å². The van der Waals surface area contributed by atoms with Gasteiger partial charge in [-0.15, -0.1) is 0 Å². The van der Waals surface area contributed by atoms with E-state index in [1.807, 2.05) is 0 Å². The molecule has 0 radical (unpaired) electrons. The van der Waals surface area contributed by atoms with Crippen molar-refractivity contribution < 1.29 is 19.0 Å². The molecule has 0 aromatic carbocycles. The Bertz CT molecular complexity index is 173. The molecule has 2 N–H and O–H groups in total. The highest BCUT2D eigenvalue weighted by Crippen LogP contribution is 2.14. The number of rotatable bonds is 2. The number of primary amides is 1. The molecule has 0 aliphatic carbocycles. The Hall–Kier alpha value is -0.650. The van der Waals surface area contributed by atoms with E-state index in [0.717, 1.165) is 0 Å². The van der Waals surface area contributed by atoms with Crippen molar-refractivity contribution in [3.8, 4) is 0 Å². The summed E-state index contributed by atoms with van der Waals surface area (Å²) in [7, 11) is 1.49. The van der Waals surface area contributed by atoms with Gasteiger partial charge in [0.2, 0.25) is 5.91 Å². The predicted octanol–water partition coefficient (Wildman–Crippen LogP) is -0.752. The van der Waals surface area contributed by atoms with E-state index >= 15 is 0 Å². The molecule has 0 aromatic heterocycles. The highest BCUT2D eigenvalue weighted by Gasteiger charge is 2.34. The van der Waals surface area contributed by atoms with Crippen molar-refractivity contribution in [3.63, 3.8) is 0 Å². The predicted molar refractivity (Wildman–Crippen MR) is 40.3 cm³/mol. The second-order valence-corrected chi connectivity index (χ2v) is 2.63. The summed E-state index contributed by atoms with van der Waals surface area (Å²) < 4.78 is 15.2. The lowest BCUT2D eigenvalue weighted by atomic mass is 10.2. The van der Waals surface area contributed by atoms with Gasteiger partial charge in [0.25, 0.3) is 0 Å². The van der Waals surface area contributed by atoms with Crippen LogP contribution in [-0.2, 0) is 19.0 Å². The molecule has 1 fully saturated rings. The third kappa shape index (κ3) is 1.94. The molecule has 3 atom stereocenters.